The molecule has 1 aliphatic heterocycles. The Balaban J connectivity index is 2.52. The number of carboxylic acids is 1. The van der Waals surface area contributed by atoms with Crippen LogP contribution in [0.15, 0.2) is 11.1 Å². The third-order valence-electron chi connectivity index (χ3n) is 3.62. The number of carbonyl (C=O) groups is 5. The summed E-state index contributed by atoms with van der Waals surface area (Å²) >= 11 is 0. The van der Waals surface area contributed by atoms with E-state index in [-0.39, 0.29) is 37.6 Å². The fourth-order valence-corrected chi connectivity index (χ4v) is 2.18. The van der Waals surface area contributed by atoms with Crippen LogP contribution in [0.25, 0.3) is 0 Å². The first kappa shape index (κ1) is 20.3. The van der Waals surface area contributed by atoms with Crippen molar-refractivity contribution < 1.29 is 38.6 Å². The highest BCUT2D eigenvalue weighted by molar-refractivity contribution is 6.18. The Labute approximate surface area is 144 Å². The Morgan fingerprint density at radius 3 is 2.08 bits per heavy atom. The minimum absolute atomic E-state index is 0.0769. The number of rotatable bonds is 9. The monoisotopic (exact) mass is 355 g/mol. The van der Waals surface area contributed by atoms with Gasteiger partial charge in [0.2, 0.25) is 6.29 Å². The number of hydrogen-bond acceptors (Lipinski definition) is 7. The maximum atomic E-state index is 11.9. The van der Waals surface area contributed by atoms with Gasteiger partial charge in [-0.1, -0.05) is 0 Å². The third-order valence-corrected chi connectivity index (χ3v) is 3.62. The molecule has 0 aliphatic carbocycles. The number of carboxylic acid groups (broad SMARTS) is 1. The number of aliphatic carboxylic acids is 1. The molecule has 9 heteroatoms. The third kappa shape index (κ3) is 6.02. The molecule has 0 fully saturated rings. The maximum Gasteiger partial charge on any atom is 0.309 e. The Morgan fingerprint density at radius 1 is 1.04 bits per heavy atom. The second kappa shape index (κ2) is 8.95. The van der Waals surface area contributed by atoms with Crippen LogP contribution in [-0.4, -0.2) is 52.6 Å². The zero-order chi connectivity index (χ0) is 19.1. The second-order valence-electron chi connectivity index (χ2n) is 5.58. The van der Waals surface area contributed by atoms with Crippen LogP contribution >= 0.6 is 0 Å². The van der Waals surface area contributed by atoms with Gasteiger partial charge in [0, 0.05) is 31.0 Å². The van der Waals surface area contributed by atoms with Crippen molar-refractivity contribution in [2.75, 3.05) is 6.54 Å². The van der Waals surface area contributed by atoms with Crippen molar-refractivity contribution in [1.29, 1.82) is 0 Å². The molecule has 0 aromatic rings. The van der Waals surface area contributed by atoms with Gasteiger partial charge < -0.3 is 14.6 Å². The van der Waals surface area contributed by atoms with Gasteiger partial charge in [-0.2, -0.15) is 0 Å². The SMILES string of the molecule is CC(=O)OC(CCCN1C(=O)C(C)=C(C)C1=O)OC(=O)CCC(=O)O. The molecule has 0 saturated carbocycles. The average Bonchev–Trinajstić information content (AvgIpc) is 2.69. The smallest absolute Gasteiger partial charge is 0.309 e. The van der Waals surface area contributed by atoms with Gasteiger partial charge in [0.15, 0.2) is 0 Å². The minimum Gasteiger partial charge on any atom is -0.481 e. The second-order valence-corrected chi connectivity index (χ2v) is 5.58. The standard InChI is InChI=1S/C16H21NO8/c1-9-10(2)16(23)17(15(9)22)8-4-5-14(24-11(3)18)25-13(21)7-6-12(19)20/h14H,4-8H2,1-3H3,(H,19,20). The summed E-state index contributed by atoms with van der Waals surface area (Å²) in [6.45, 7) is 4.38. The number of hydrogen-bond donors (Lipinski definition) is 1. The molecule has 1 N–H and O–H groups in total. The largest absolute Gasteiger partial charge is 0.481 e. The van der Waals surface area contributed by atoms with Crippen LogP contribution < -0.4 is 0 Å². The van der Waals surface area contributed by atoms with Crippen LogP contribution in [0.5, 0.6) is 0 Å². The lowest BCUT2D eigenvalue weighted by atomic mass is 10.2. The number of ether oxygens (including phenoxy) is 2. The van der Waals surface area contributed by atoms with E-state index in [9.17, 15) is 24.0 Å². The van der Waals surface area contributed by atoms with Gasteiger partial charge in [-0.05, 0) is 20.3 Å². The summed E-state index contributed by atoms with van der Waals surface area (Å²) in [6, 6.07) is 0. The molecule has 1 rings (SSSR count). The molecule has 138 valence electrons. The van der Waals surface area contributed by atoms with Crippen molar-refractivity contribution in [3.8, 4) is 0 Å². The van der Waals surface area contributed by atoms with E-state index in [1.165, 1.54) is 0 Å². The van der Waals surface area contributed by atoms with Gasteiger partial charge >= 0.3 is 17.9 Å². The molecule has 25 heavy (non-hydrogen) atoms. The first-order valence-corrected chi connectivity index (χ1v) is 7.75. The first-order valence-electron chi connectivity index (χ1n) is 7.75. The van der Waals surface area contributed by atoms with E-state index < -0.39 is 30.6 Å². The number of carbonyl (C=O) groups excluding carboxylic acids is 4. The van der Waals surface area contributed by atoms with Gasteiger partial charge in [0.05, 0.1) is 12.8 Å². The lowest BCUT2D eigenvalue weighted by Crippen LogP contribution is -2.33. The molecule has 0 saturated heterocycles. The number of esters is 2. The molecule has 1 unspecified atom stereocenters. The number of nitrogens with zero attached hydrogens (tertiary/aromatic N) is 1. The minimum atomic E-state index is -1.19. The van der Waals surface area contributed by atoms with Crippen molar-refractivity contribution in [1.82, 2.24) is 4.90 Å². The van der Waals surface area contributed by atoms with E-state index in [4.69, 9.17) is 14.6 Å². The molecule has 0 radical (unpaired) electrons. The predicted molar refractivity (Wildman–Crippen MR) is 82.8 cm³/mol. The molecule has 0 aromatic heterocycles. The Kier molecular flexibility index (Phi) is 7.28. The van der Waals surface area contributed by atoms with Gasteiger partial charge in [-0.25, -0.2) is 0 Å². The Bertz CT molecular complexity index is 598. The van der Waals surface area contributed by atoms with Crippen LogP contribution in [0.2, 0.25) is 0 Å². The maximum absolute atomic E-state index is 11.9. The van der Waals surface area contributed by atoms with Crippen LogP contribution in [0.4, 0.5) is 0 Å². The zero-order valence-electron chi connectivity index (χ0n) is 14.4. The van der Waals surface area contributed by atoms with Crippen molar-refractivity contribution in [2.45, 2.75) is 52.7 Å². The topological polar surface area (TPSA) is 127 Å². The van der Waals surface area contributed by atoms with E-state index in [1.807, 2.05) is 0 Å². The van der Waals surface area contributed by atoms with Gasteiger partial charge in [0.25, 0.3) is 11.8 Å². The number of imide groups is 1. The molecule has 1 heterocycles. The summed E-state index contributed by atoms with van der Waals surface area (Å²) < 4.78 is 9.79. The van der Waals surface area contributed by atoms with Crippen LogP contribution in [0.1, 0.15) is 46.5 Å². The molecule has 9 nitrogen and oxygen atoms in total. The summed E-state index contributed by atoms with van der Waals surface area (Å²) in [5, 5.41) is 8.53. The molecular formula is C16H21NO8. The fraction of sp³-hybridized carbons (Fsp3) is 0.562. The van der Waals surface area contributed by atoms with Crippen molar-refractivity contribution in [3.63, 3.8) is 0 Å². The van der Waals surface area contributed by atoms with Crippen molar-refractivity contribution in [2.24, 2.45) is 0 Å². The molecule has 0 spiro atoms. The fourth-order valence-electron chi connectivity index (χ4n) is 2.18. The molecular weight excluding hydrogens is 334 g/mol. The highest BCUT2D eigenvalue weighted by Gasteiger charge is 2.33. The van der Waals surface area contributed by atoms with E-state index in [1.54, 1.807) is 13.8 Å². The summed E-state index contributed by atoms with van der Waals surface area (Å²) in [4.78, 5) is 58.0. The summed E-state index contributed by atoms with van der Waals surface area (Å²) in [5.41, 5.74) is 0.781. The highest BCUT2D eigenvalue weighted by atomic mass is 16.7. The Hall–Kier alpha value is -2.71. The van der Waals surface area contributed by atoms with Crippen molar-refractivity contribution in [3.05, 3.63) is 11.1 Å². The van der Waals surface area contributed by atoms with Crippen LogP contribution in [-0.2, 0) is 33.4 Å². The lowest BCUT2D eigenvalue weighted by molar-refractivity contribution is -0.188. The molecule has 0 aromatic carbocycles. The molecule has 2 amide bonds. The molecule has 1 atom stereocenters. The van der Waals surface area contributed by atoms with E-state index >= 15 is 0 Å². The highest BCUT2D eigenvalue weighted by Crippen LogP contribution is 2.20. The van der Waals surface area contributed by atoms with Gasteiger partial charge in [0.1, 0.15) is 0 Å². The average molecular weight is 355 g/mol. The van der Waals surface area contributed by atoms with Crippen molar-refractivity contribution >= 4 is 29.7 Å². The van der Waals surface area contributed by atoms with Crippen LogP contribution in [0, 0.1) is 0 Å². The zero-order valence-corrected chi connectivity index (χ0v) is 14.4. The molecule has 1 aliphatic rings. The normalized spacial score (nSPS) is 15.4. The lowest BCUT2D eigenvalue weighted by Gasteiger charge is -2.19. The predicted octanol–water partition coefficient (Wildman–Crippen LogP) is 0.769. The first-order chi connectivity index (χ1) is 11.6. The molecule has 0 bridgehead atoms. The number of amides is 2. The van der Waals surface area contributed by atoms with E-state index in [0.29, 0.717) is 11.1 Å². The summed E-state index contributed by atoms with van der Waals surface area (Å²) in [5.74, 6) is -3.37. The quantitative estimate of drug-likeness (QED) is 0.365. The van der Waals surface area contributed by atoms with E-state index in [2.05, 4.69) is 0 Å². The summed E-state index contributed by atoms with van der Waals surface area (Å²) in [7, 11) is 0. The summed E-state index contributed by atoms with van der Waals surface area (Å²) in [6.07, 6.45) is -1.61. The van der Waals surface area contributed by atoms with Gasteiger partial charge in [-0.15, -0.1) is 0 Å². The van der Waals surface area contributed by atoms with Gasteiger partial charge in [-0.3, -0.25) is 28.9 Å². The van der Waals surface area contributed by atoms with Crippen LogP contribution in [0.3, 0.4) is 0 Å². The van der Waals surface area contributed by atoms with E-state index in [0.717, 1.165) is 11.8 Å². The Morgan fingerprint density at radius 2 is 1.60 bits per heavy atom.